The molecule has 0 spiro atoms. The molecule has 0 saturated heterocycles. The summed E-state index contributed by atoms with van der Waals surface area (Å²) < 4.78 is 0. The van der Waals surface area contributed by atoms with Crippen molar-refractivity contribution in [1.29, 1.82) is 0 Å². The topological polar surface area (TPSA) is 12.0 Å². The fraction of sp³-hybridized carbons (Fsp3) is 0.333. The van der Waals surface area contributed by atoms with Crippen LogP contribution in [0.5, 0.6) is 0 Å². The maximum absolute atomic E-state index is 3.13. The number of allylic oxidation sites excluding steroid dienone is 1. The van der Waals surface area contributed by atoms with E-state index >= 15 is 0 Å². The Morgan fingerprint density at radius 1 is 1.36 bits per heavy atom. The van der Waals surface area contributed by atoms with Crippen LogP contribution in [0.25, 0.3) is 5.57 Å². The fourth-order valence-corrected chi connectivity index (χ4v) is 2.26. The molecule has 0 aliphatic carbocycles. The molecule has 0 fully saturated rings. The highest BCUT2D eigenvalue weighted by atomic mass is 28.1. The Kier molecular flexibility index (Phi) is 3.95. The van der Waals surface area contributed by atoms with Gasteiger partial charge >= 0.3 is 0 Å². The fourth-order valence-electron chi connectivity index (χ4n) is 1.61. The third kappa shape index (κ3) is 2.48. The molecule has 0 aliphatic heterocycles. The first-order chi connectivity index (χ1) is 6.66. The molecule has 0 radical (unpaired) electrons. The van der Waals surface area contributed by atoms with Crippen molar-refractivity contribution in [3.63, 3.8) is 0 Å². The van der Waals surface area contributed by atoms with Crippen LogP contribution in [-0.4, -0.2) is 17.3 Å². The second-order valence-corrected chi connectivity index (χ2v) is 4.94. The largest absolute Gasteiger partial charge is 0.394 e. The zero-order valence-electron chi connectivity index (χ0n) is 9.46. The van der Waals surface area contributed by atoms with Gasteiger partial charge in [-0.1, -0.05) is 43.3 Å². The van der Waals surface area contributed by atoms with Crippen molar-refractivity contribution in [2.45, 2.75) is 13.8 Å². The molecule has 0 unspecified atom stereocenters. The highest BCUT2D eigenvalue weighted by molar-refractivity contribution is 6.34. The van der Waals surface area contributed by atoms with Gasteiger partial charge in [-0.2, -0.15) is 0 Å². The van der Waals surface area contributed by atoms with Crippen LogP contribution >= 0.6 is 0 Å². The number of benzene rings is 1. The van der Waals surface area contributed by atoms with Crippen LogP contribution in [0.1, 0.15) is 19.4 Å². The van der Waals surface area contributed by atoms with Gasteiger partial charge in [0.15, 0.2) is 0 Å². The Morgan fingerprint density at radius 2 is 2.00 bits per heavy atom. The third-order valence-corrected chi connectivity index (χ3v) is 3.25. The lowest BCUT2D eigenvalue weighted by Gasteiger charge is -2.14. The molecule has 1 rings (SSSR count). The molecule has 0 aromatic heterocycles. The molecule has 1 aromatic carbocycles. The van der Waals surface area contributed by atoms with Crippen LogP contribution in [0.15, 0.2) is 30.5 Å². The summed E-state index contributed by atoms with van der Waals surface area (Å²) in [6, 6.07) is 8.66. The molecule has 0 atom stereocenters. The predicted octanol–water partition coefficient (Wildman–Crippen LogP) is 0.894. The maximum Gasteiger partial charge on any atom is 0.0392 e. The van der Waals surface area contributed by atoms with E-state index in [9.17, 15) is 0 Å². The zero-order chi connectivity index (χ0) is 10.6. The Labute approximate surface area is 89.7 Å². The van der Waals surface area contributed by atoms with Crippen LogP contribution in [0.3, 0.4) is 0 Å². The molecule has 0 amide bonds. The molecule has 14 heavy (non-hydrogen) atoms. The highest BCUT2D eigenvalue weighted by Gasteiger charge is 2.07. The lowest BCUT2D eigenvalue weighted by Crippen LogP contribution is -2.12. The van der Waals surface area contributed by atoms with Gasteiger partial charge in [0, 0.05) is 23.5 Å². The predicted molar refractivity (Wildman–Crippen MR) is 67.9 cm³/mol. The number of hydrogen-bond donors (Lipinski definition) is 1. The summed E-state index contributed by atoms with van der Waals surface area (Å²) >= 11 is 0. The molecule has 1 N–H and O–H groups in total. The molecule has 76 valence electrons. The monoisotopic (exact) mass is 205 g/mol. The van der Waals surface area contributed by atoms with Gasteiger partial charge in [0.2, 0.25) is 0 Å². The molecular formula is C12H19NSi. The summed E-state index contributed by atoms with van der Waals surface area (Å²) in [4.78, 5) is 0. The highest BCUT2D eigenvalue weighted by Crippen LogP contribution is 2.20. The SMILES string of the molecule is CNC=C(c1ccccc1[SiH3])C(C)C. The van der Waals surface area contributed by atoms with Gasteiger partial charge in [0.05, 0.1) is 0 Å². The second kappa shape index (κ2) is 5.01. The minimum Gasteiger partial charge on any atom is -0.394 e. The normalized spacial score (nSPS) is 12.1. The van der Waals surface area contributed by atoms with Gasteiger partial charge < -0.3 is 5.32 Å². The summed E-state index contributed by atoms with van der Waals surface area (Å²) in [7, 11) is 3.06. The van der Waals surface area contributed by atoms with Crippen molar-refractivity contribution in [2.24, 2.45) is 5.92 Å². The van der Waals surface area contributed by atoms with Gasteiger partial charge in [0.1, 0.15) is 0 Å². The second-order valence-electron chi connectivity index (χ2n) is 3.86. The average molecular weight is 205 g/mol. The number of rotatable bonds is 3. The van der Waals surface area contributed by atoms with Crippen LogP contribution < -0.4 is 10.5 Å². The van der Waals surface area contributed by atoms with E-state index in [0.717, 1.165) is 10.2 Å². The molecular weight excluding hydrogens is 186 g/mol. The lowest BCUT2D eigenvalue weighted by atomic mass is 9.96. The van der Waals surface area contributed by atoms with Crippen molar-refractivity contribution in [1.82, 2.24) is 5.32 Å². The van der Waals surface area contributed by atoms with E-state index in [1.165, 1.54) is 16.3 Å². The van der Waals surface area contributed by atoms with Gasteiger partial charge in [-0.3, -0.25) is 0 Å². The van der Waals surface area contributed by atoms with Gasteiger partial charge in [-0.05, 0) is 17.1 Å². The van der Waals surface area contributed by atoms with Crippen LogP contribution in [0, 0.1) is 5.92 Å². The molecule has 0 saturated carbocycles. The summed E-state index contributed by atoms with van der Waals surface area (Å²) in [5, 5.41) is 4.60. The first-order valence-corrected chi connectivity index (χ1v) is 6.10. The van der Waals surface area contributed by atoms with Gasteiger partial charge in [-0.15, -0.1) is 0 Å². The maximum atomic E-state index is 3.13. The molecule has 0 bridgehead atoms. The van der Waals surface area contributed by atoms with Crippen molar-refractivity contribution < 1.29 is 0 Å². The number of hydrogen-bond acceptors (Lipinski definition) is 1. The third-order valence-electron chi connectivity index (χ3n) is 2.38. The van der Waals surface area contributed by atoms with Gasteiger partial charge in [0.25, 0.3) is 0 Å². The minimum atomic E-state index is 0.567. The van der Waals surface area contributed by atoms with Crippen molar-refractivity contribution in [3.8, 4) is 0 Å². The molecule has 2 heteroatoms. The van der Waals surface area contributed by atoms with E-state index in [1.54, 1.807) is 0 Å². The Balaban J connectivity index is 3.12. The Bertz CT molecular complexity index is 329. The van der Waals surface area contributed by atoms with E-state index in [1.807, 2.05) is 7.05 Å². The lowest BCUT2D eigenvalue weighted by molar-refractivity contribution is 0.847. The van der Waals surface area contributed by atoms with E-state index in [-0.39, 0.29) is 0 Å². The molecule has 1 nitrogen and oxygen atoms in total. The average Bonchev–Trinajstić information content (AvgIpc) is 2.15. The molecule has 1 aromatic rings. The van der Waals surface area contributed by atoms with Crippen molar-refractivity contribution >= 4 is 21.0 Å². The van der Waals surface area contributed by atoms with E-state index in [2.05, 4.69) is 49.6 Å². The molecule has 0 aliphatic rings. The summed E-state index contributed by atoms with van der Waals surface area (Å²) in [5.74, 6) is 0.567. The van der Waals surface area contributed by atoms with E-state index in [0.29, 0.717) is 5.92 Å². The summed E-state index contributed by atoms with van der Waals surface area (Å²) in [6.45, 7) is 4.47. The van der Waals surface area contributed by atoms with Crippen LogP contribution in [-0.2, 0) is 0 Å². The summed E-state index contributed by atoms with van der Waals surface area (Å²) in [6.07, 6.45) is 2.11. The first kappa shape index (κ1) is 11.1. The van der Waals surface area contributed by atoms with Crippen LogP contribution in [0.4, 0.5) is 0 Å². The van der Waals surface area contributed by atoms with Crippen LogP contribution in [0.2, 0.25) is 0 Å². The molecule has 0 heterocycles. The summed E-state index contributed by atoms with van der Waals surface area (Å²) in [5.41, 5.74) is 2.81. The number of nitrogens with one attached hydrogen (secondary N) is 1. The first-order valence-electron chi connectivity index (χ1n) is 5.10. The van der Waals surface area contributed by atoms with Gasteiger partial charge in [-0.25, -0.2) is 0 Å². The minimum absolute atomic E-state index is 0.567. The van der Waals surface area contributed by atoms with E-state index < -0.39 is 0 Å². The Hall–Kier alpha value is -1.02. The standard InChI is InChI=1S/C12H19NSi/c1-9(2)11(8-13-3)10-6-4-5-7-12(10)14/h4-9,13H,1-3,14H3. The van der Waals surface area contributed by atoms with E-state index in [4.69, 9.17) is 0 Å². The quantitative estimate of drug-likeness (QED) is 0.723. The Morgan fingerprint density at radius 3 is 2.50 bits per heavy atom. The van der Waals surface area contributed by atoms with Crippen molar-refractivity contribution in [2.75, 3.05) is 7.05 Å². The zero-order valence-corrected chi connectivity index (χ0v) is 11.5. The smallest absolute Gasteiger partial charge is 0.0392 e. The van der Waals surface area contributed by atoms with Crippen molar-refractivity contribution in [3.05, 3.63) is 36.0 Å².